The Bertz CT molecular complexity index is 1260. The fourth-order valence-corrected chi connectivity index (χ4v) is 5.04. The van der Waals surface area contributed by atoms with Crippen molar-refractivity contribution >= 4 is 44.8 Å². The Balaban J connectivity index is 1.93. The van der Waals surface area contributed by atoms with Crippen molar-refractivity contribution in [3.05, 3.63) is 87.4 Å². The molecule has 3 aromatic carbocycles. The molecule has 9 heteroatoms. The number of nitrogens with one attached hydrogen (secondary N) is 1. The molecule has 0 aliphatic carbocycles. The van der Waals surface area contributed by atoms with Gasteiger partial charge in [0.15, 0.2) is 0 Å². The van der Waals surface area contributed by atoms with Crippen LogP contribution < -0.4 is 10.1 Å². The monoisotopic (exact) mass is 506 g/mol. The molecule has 0 bridgehead atoms. The van der Waals surface area contributed by atoms with Crippen LogP contribution in [-0.2, 0) is 21.4 Å². The number of sulfonamides is 1. The van der Waals surface area contributed by atoms with Gasteiger partial charge in [0.1, 0.15) is 5.75 Å². The predicted molar refractivity (Wildman–Crippen MR) is 132 cm³/mol. The molecule has 0 fully saturated rings. The lowest BCUT2D eigenvalue weighted by molar-refractivity contribution is -0.116. The van der Waals surface area contributed by atoms with Crippen molar-refractivity contribution in [1.82, 2.24) is 4.31 Å². The molecule has 0 saturated carbocycles. The second kappa shape index (κ2) is 10.6. The molecule has 1 N–H and O–H groups in total. The maximum Gasteiger partial charge on any atom is 0.243 e. The number of halogens is 2. The normalized spacial score (nSPS) is 11.5. The molecule has 0 aliphatic heterocycles. The van der Waals surface area contributed by atoms with E-state index in [0.29, 0.717) is 27.0 Å². The first kappa shape index (κ1) is 25.1. The van der Waals surface area contributed by atoms with Crippen LogP contribution in [0.25, 0.3) is 0 Å². The van der Waals surface area contributed by atoms with Gasteiger partial charge >= 0.3 is 0 Å². The summed E-state index contributed by atoms with van der Waals surface area (Å²) in [6.07, 6.45) is 0. The number of nitrogens with zero attached hydrogens (tertiary/aromatic N) is 1. The van der Waals surface area contributed by atoms with Gasteiger partial charge in [0, 0.05) is 16.6 Å². The summed E-state index contributed by atoms with van der Waals surface area (Å²) in [4.78, 5) is 13.0. The van der Waals surface area contributed by atoms with Gasteiger partial charge in [-0.2, -0.15) is 4.31 Å². The van der Waals surface area contributed by atoms with Crippen molar-refractivity contribution in [1.29, 1.82) is 0 Å². The standard InChI is InChI=1S/C24H24Cl2N2O4S/c1-16-4-9-20(10-5-16)33(30,31)28(14-18-7-8-19(25)13-21(18)26)15-24(29)27-22-12-17(2)6-11-23(22)32-3/h4-13H,14-15H2,1-3H3,(H,27,29). The molecule has 3 rings (SSSR count). The van der Waals surface area contributed by atoms with E-state index in [9.17, 15) is 13.2 Å². The minimum Gasteiger partial charge on any atom is -0.495 e. The fourth-order valence-electron chi connectivity index (χ4n) is 3.19. The van der Waals surface area contributed by atoms with Crippen LogP contribution in [0.3, 0.4) is 0 Å². The molecule has 0 saturated heterocycles. The summed E-state index contributed by atoms with van der Waals surface area (Å²) in [6.45, 7) is 3.22. The number of methoxy groups -OCH3 is 1. The van der Waals surface area contributed by atoms with Crippen LogP contribution in [0, 0.1) is 13.8 Å². The second-order valence-electron chi connectivity index (χ2n) is 7.57. The Kier molecular flexibility index (Phi) is 8.02. The Morgan fingerprint density at radius 3 is 2.27 bits per heavy atom. The van der Waals surface area contributed by atoms with E-state index >= 15 is 0 Å². The highest BCUT2D eigenvalue weighted by atomic mass is 35.5. The van der Waals surface area contributed by atoms with Crippen LogP contribution in [0.2, 0.25) is 10.0 Å². The number of rotatable bonds is 8. The Labute approximate surface area is 204 Å². The van der Waals surface area contributed by atoms with E-state index in [1.807, 2.05) is 19.9 Å². The number of anilines is 1. The summed E-state index contributed by atoms with van der Waals surface area (Å²) in [7, 11) is -2.51. The molecule has 33 heavy (non-hydrogen) atoms. The molecule has 0 spiro atoms. The summed E-state index contributed by atoms with van der Waals surface area (Å²) in [6, 6.07) is 16.6. The van der Waals surface area contributed by atoms with Crippen LogP contribution in [0.5, 0.6) is 5.75 Å². The van der Waals surface area contributed by atoms with Crippen molar-refractivity contribution < 1.29 is 17.9 Å². The average Bonchev–Trinajstić information content (AvgIpc) is 2.75. The van der Waals surface area contributed by atoms with E-state index in [2.05, 4.69) is 5.32 Å². The van der Waals surface area contributed by atoms with Gasteiger partial charge in [0.05, 0.1) is 24.2 Å². The summed E-state index contributed by atoms with van der Waals surface area (Å²) in [5.74, 6) is -0.0395. The Morgan fingerprint density at radius 2 is 1.64 bits per heavy atom. The molecule has 0 heterocycles. The lowest BCUT2D eigenvalue weighted by Gasteiger charge is -2.23. The van der Waals surface area contributed by atoms with E-state index in [0.717, 1.165) is 15.4 Å². The van der Waals surface area contributed by atoms with Gasteiger partial charge in [-0.3, -0.25) is 4.79 Å². The fraction of sp³-hybridized carbons (Fsp3) is 0.208. The first-order valence-corrected chi connectivity index (χ1v) is 12.2. The van der Waals surface area contributed by atoms with Crippen molar-refractivity contribution in [3.63, 3.8) is 0 Å². The molecule has 0 aromatic heterocycles. The third-order valence-corrected chi connectivity index (χ3v) is 7.36. The number of carbonyl (C=O) groups excluding carboxylic acids is 1. The number of ether oxygens (including phenoxy) is 1. The van der Waals surface area contributed by atoms with Crippen LogP contribution in [0.15, 0.2) is 65.6 Å². The van der Waals surface area contributed by atoms with Crippen molar-refractivity contribution in [2.75, 3.05) is 19.0 Å². The summed E-state index contributed by atoms with van der Waals surface area (Å²) in [5.41, 5.74) is 2.83. The molecule has 0 atom stereocenters. The molecule has 3 aromatic rings. The predicted octanol–water partition coefficient (Wildman–Crippen LogP) is 5.45. The molecule has 0 aliphatic rings. The smallest absolute Gasteiger partial charge is 0.243 e. The van der Waals surface area contributed by atoms with E-state index in [-0.39, 0.29) is 11.4 Å². The zero-order valence-electron chi connectivity index (χ0n) is 18.4. The van der Waals surface area contributed by atoms with Crippen molar-refractivity contribution in [2.24, 2.45) is 0 Å². The van der Waals surface area contributed by atoms with Crippen LogP contribution >= 0.6 is 23.2 Å². The minimum atomic E-state index is -4.00. The molecule has 1 amide bonds. The summed E-state index contributed by atoms with van der Waals surface area (Å²) >= 11 is 12.3. The van der Waals surface area contributed by atoms with Gasteiger partial charge in [-0.15, -0.1) is 0 Å². The van der Waals surface area contributed by atoms with Gasteiger partial charge in [-0.25, -0.2) is 8.42 Å². The van der Waals surface area contributed by atoms with Gasteiger partial charge in [0.2, 0.25) is 15.9 Å². The number of benzene rings is 3. The first-order chi connectivity index (χ1) is 15.6. The number of hydrogen-bond donors (Lipinski definition) is 1. The topological polar surface area (TPSA) is 75.7 Å². The molecular formula is C24H24Cl2N2O4S. The quantitative estimate of drug-likeness (QED) is 0.440. The number of hydrogen-bond acceptors (Lipinski definition) is 4. The van der Waals surface area contributed by atoms with E-state index in [1.165, 1.54) is 25.3 Å². The van der Waals surface area contributed by atoms with Gasteiger partial charge < -0.3 is 10.1 Å². The second-order valence-corrected chi connectivity index (χ2v) is 10.4. The lowest BCUT2D eigenvalue weighted by Crippen LogP contribution is -2.37. The van der Waals surface area contributed by atoms with E-state index in [4.69, 9.17) is 27.9 Å². The maximum atomic E-state index is 13.4. The maximum absolute atomic E-state index is 13.4. The number of carbonyl (C=O) groups is 1. The zero-order chi connectivity index (χ0) is 24.2. The number of aryl methyl sites for hydroxylation is 2. The molecule has 174 valence electrons. The third-order valence-electron chi connectivity index (χ3n) is 4.97. The highest BCUT2D eigenvalue weighted by molar-refractivity contribution is 7.89. The zero-order valence-corrected chi connectivity index (χ0v) is 20.8. The molecule has 0 radical (unpaired) electrons. The molecular weight excluding hydrogens is 483 g/mol. The van der Waals surface area contributed by atoms with E-state index < -0.39 is 22.5 Å². The summed E-state index contributed by atoms with van der Waals surface area (Å²) in [5, 5.41) is 3.49. The third kappa shape index (κ3) is 6.26. The minimum absolute atomic E-state index is 0.0825. The van der Waals surface area contributed by atoms with Crippen molar-refractivity contribution in [2.45, 2.75) is 25.3 Å². The summed E-state index contributed by atoms with van der Waals surface area (Å²) < 4.78 is 33.3. The Morgan fingerprint density at radius 1 is 0.970 bits per heavy atom. The lowest BCUT2D eigenvalue weighted by atomic mass is 10.2. The highest BCUT2D eigenvalue weighted by Gasteiger charge is 2.28. The number of amides is 1. The average molecular weight is 507 g/mol. The van der Waals surface area contributed by atoms with E-state index in [1.54, 1.807) is 36.4 Å². The van der Waals surface area contributed by atoms with Gasteiger partial charge in [-0.1, -0.05) is 53.0 Å². The van der Waals surface area contributed by atoms with Gasteiger partial charge in [-0.05, 0) is 61.4 Å². The largest absolute Gasteiger partial charge is 0.495 e. The first-order valence-electron chi connectivity index (χ1n) is 10.1. The highest BCUT2D eigenvalue weighted by Crippen LogP contribution is 2.27. The van der Waals surface area contributed by atoms with Crippen LogP contribution in [0.1, 0.15) is 16.7 Å². The van der Waals surface area contributed by atoms with Gasteiger partial charge in [0.25, 0.3) is 0 Å². The Hall–Kier alpha value is -2.58. The SMILES string of the molecule is COc1ccc(C)cc1NC(=O)CN(Cc1ccc(Cl)cc1Cl)S(=O)(=O)c1ccc(C)cc1. The molecule has 0 unspecified atom stereocenters. The van der Waals surface area contributed by atoms with Crippen molar-refractivity contribution in [3.8, 4) is 5.75 Å². The van der Waals surface area contributed by atoms with Crippen LogP contribution in [-0.4, -0.2) is 32.3 Å². The molecule has 6 nitrogen and oxygen atoms in total. The van der Waals surface area contributed by atoms with Crippen LogP contribution in [0.4, 0.5) is 5.69 Å².